The number of hydrogen-bond donors (Lipinski definition) is 7. The van der Waals surface area contributed by atoms with Gasteiger partial charge >= 0.3 is 29.3 Å². The van der Waals surface area contributed by atoms with Crippen LogP contribution in [-0.4, -0.2) is 115 Å². The van der Waals surface area contributed by atoms with Crippen LogP contribution in [0.25, 0.3) is 10.4 Å². The number of hydrogen-bond acceptors (Lipinski definition) is 15. The number of rotatable bonds is 23. The third-order valence-corrected chi connectivity index (χ3v) is 11.4. The van der Waals surface area contributed by atoms with Gasteiger partial charge in [0.05, 0.1) is 38.0 Å². The maximum absolute atomic E-state index is 12.6. The zero-order valence-corrected chi connectivity index (χ0v) is 33.5. The van der Waals surface area contributed by atoms with Gasteiger partial charge in [-0.25, -0.2) is 18.2 Å². The molecule has 2 heterocycles. The summed E-state index contributed by atoms with van der Waals surface area (Å²) in [5.41, 5.74) is 15.5. The lowest BCUT2D eigenvalue weighted by atomic mass is 10.2. The number of phosphoric acid groups is 2. The van der Waals surface area contributed by atoms with Crippen LogP contribution in [0.3, 0.4) is 0 Å². The van der Waals surface area contributed by atoms with E-state index in [1.165, 1.54) is 6.20 Å². The van der Waals surface area contributed by atoms with E-state index in [2.05, 4.69) is 51.0 Å². The first kappa shape index (κ1) is 47.5. The summed E-state index contributed by atoms with van der Waals surface area (Å²) in [7, 11) is -15.2. The van der Waals surface area contributed by atoms with Gasteiger partial charge in [0.1, 0.15) is 31.4 Å². The molecule has 0 aliphatic carbocycles. The predicted octanol–water partition coefficient (Wildman–Crippen LogP) is 2.15. The fraction of sp³-hybridized carbons (Fsp3) is 0.567. The average molecular weight is 867 g/mol. The lowest BCUT2D eigenvalue weighted by Crippen LogP contribution is -2.54. The Labute approximate surface area is 327 Å². The molecule has 7 atom stereocenters. The van der Waals surface area contributed by atoms with E-state index in [1.54, 1.807) is 24.3 Å². The first-order valence-corrected chi connectivity index (χ1v) is 22.2. The van der Waals surface area contributed by atoms with Crippen molar-refractivity contribution >= 4 is 41.1 Å². The van der Waals surface area contributed by atoms with Crippen LogP contribution in [0.15, 0.2) is 41.2 Å². The highest BCUT2D eigenvalue weighted by atomic mass is 31.3. The van der Waals surface area contributed by atoms with Gasteiger partial charge < -0.3 is 55.3 Å². The number of nitrogens with one attached hydrogen (secondary N) is 3. The topological polar surface area (TPSA) is 342 Å². The molecule has 2 aliphatic heterocycles. The van der Waals surface area contributed by atoms with Crippen LogP contribution in [0.4, 0.5) is 4.79 Å². The lowest BCUT2D eigenvalue weighted by molar-refractivity contribution is -0.126. The molecule has 57 heavy (non-hydrogen) atoms. The number of urea groups is 1. The zero-order chi connectivity index (χ0) is 42.1. The molecular weight excluding hydrogens is 821 g/mol. The summed E-state index contributed by atoms with van der Waals surface area (Å²) in [6.07, 6.45) is -0.191. The van der Waals surface area contributed by atoms with E-state index in [1.807, 2.05) is 6.92 Å². The van der Waals surface area contributed by atoms with Crippen molar-refractivity contribution in [3.63, 3.8) is 0 Å². The van der Waals surface area contributed by atoms with Gasteiger partial charge in [0.15, 0.2) is 6.23 Å². The average Bonchev–Trinajstić information content (AvgIpc) is 3.59. The van der Waals surface area contributed by atoms with Crippen molar-refractivity contribution in [1.82, 2.24) is 20.9 Å². The second kappa shape index (κ2) is 22.9. The Balaban J connectivity index is 1.38. The Morgan fingerprint density at radius 2 is 1.95 bits per heavy atom. The summed E-state index contributed by atoms with van der Waals surface area (Å²) >= 11 is 0. The van der Waals surface area contributed by atoms with E-state index in [0.717, 1.165) is 17.7 Å². The minimum atomic E-state index is -5.44. The molecule has 4 amide bonds. The second-order valence-electron chi connectivity index (χ2n) is 12.0. The van der Waals surface area contributed by atoms with E-state index in [0.29, 0.717) is 24.5 Å². The number of benzene rings is 1. The van der Waals surface area contributed by atoms with Gasteiger partial charge in [-0.3, -0.25) is 23.6 Å². The molecule has 1 aromatic rings. The van der Waals surface area contributed by atoms with Crippen molar-refractivity contribution in [2.75, 3.05) is 52.8 Å². The molecule has 0 radical (unpaired) electrons. The normalized spacial score (nSPS) is 21.5. The van der Waals surface area contributed by atoms with Gasteiger partial charge in [-0.1, -0.05) is 36.4 Å². The summed E-state index contributed by atoms with van der Waals surface area (Å²) in [6, 6.07) is 5.87. The van der Waals surface area contributed by atoms with Crippen LogP contribution in [-0.2, 0) is 45.8 Å². The Hall–Kier alpha value is -3.87. The number of amides is 4. The minimum Gasteiger partial charge on any atom is -0.491 e. The quantitative estimate of drug-likeness (QED) is 0.0207. The van der Waals surface area contributed by atoms with Crippen molar-refractivity contribution in [3.8, 4) is 17.6 Å². The first-order valence-electron chi connectivity index (χ1n) is 17.1. The SMILES string of the molecule is CCCCNC(=O)c1cccc(OCC(N=[N+]=[N-])OCCOCC(=O)NCC#CC2=CN([C@H]3CC[C@@H](COP(=O)(O)OP(=O)(O)OP(C)(=O)O)O3)C(=O)NC2N)c1. The molecule has 1 fully saturated rings. The van der Waals surface area contributed by atoms with Gasteiger partial charge in [-0.05, 0) is 43.0 Å². The van der Waals surface area contributed by atoms with E-state index >= 15 is 0 Å². The Kier molecular flexibility index (Phi) is 19.1. The number of unbranched alkanes of at least 4 members (excludes halogenated alkanes) is 1. The molecule has 316 valence electrons. The third kappa shape index (κ3) is 18.1. The predicted molar refractivity (Wildman–Crippen MR) is 198 cm³/mol. The number of nitrogens with two attached hydrogens (primary N) is 1. The molecule has 0 bridgehead atoms. The monoisotopic (exact) mass is 866 g/mol. The van der Waals surface area contributed by atoms with Gasteiger partial charge in [-0.2, -0.15) is 4.31 Å². The van der Waals surface area contributed by atoms with Crippen LogP contribution >= 0.6 is 23.2 Å². The van der Waals surface area contributed by atoms with Gasteiger partial charge in [0.2, 0.25) is 5.91 Å². The Morgan fingerprint density at radius 3 is 2.67 bits per heavy atom. The lowest BCUT2D eigenvalue weighted by Gasteiger charge is -2.32. The fourth-order valence-electron chi connectivity index (χ4n) is 4.75. The zero-order valence-electron chi connectivity index (χ0n) is 30.8. The maximum Gasteiger partial charge on any atom is 0.488 e. The number of ether oxygens (including phenoxy) is 4. The molecular formula is C30H45N8O16P3. The molecule has 0 spiro atoms. The maximum atomic E-state index is 12.6. The summed E-state index contributed by atoms with van der Waals surface area (Å²) in [5, 5.41) is 11.4. The minimum absolute atomic E-state index is 0.0298. The van der Waals surface area contributed by atoms with Crippen LogP contribution in [0, 0.1) is 11.8 Å². The number of carbonyl (C=O) groups is 3. The smallest absolute Gasteiger partial charge is 0.488 e. The van der Waals surface area contributed by atoms with Crippen molar-refractivity contribution < 1.29 is 74.9 Å². The van der Waals surface area contributed by atoms with E-state index < -0.39 is 66.5 Å². The number of carbonyl (C=O) groups excluding carboxylic acids is 3. The Bertz CT molecular complexity index is 1850. The molecule has 0 aromatic heterocycles. The highest BCUT2D eigenvalue weighted by molar-refractivity contribution is 7.68. The molecule has 5 unspecified atom stereocenters. The molecule has 2 aliphatic rings. The molecule has 0 saturated carbocycles. The number of phosphoric ester groups is 1. The van der Waals surface area contributed by atoms with Crippen LogP contribution in [0.5, 0.6) is 5.75 Å². The largest absolute Gasteiger partial charge is 0.491 e. The molecule has 1 aromatic carbocycles. The van der Waals surface area contributed by atoms with Gasteiger partial charge in [-0.15, -0.1) is 0 Å². The summed E-state index contributed by atoms with van der Waals surface area (Å²) in [6.45, 7) is 1.84. The molecule has 8 N–H and O–H groups in total. The molecule has 27 heteroatoms. The molecule has 24 nitrogen and oxygen atoms in total. The van der Waals surface area contributed by atoms with Crippen LogP contribution in [0.1, 0.15) is 43.0 Å². The van der Waals surface area contributed by atoms with E-state index in [-0.39, 0.29) is 57.3 Å². The first-order chi connectivity index (χ1) is 26.9. The second-order valence-corrected chi connectivity index (χ2v) is 17.1. The standard InChI is InChI=1S/C30H45N8O16P3/c1-3-4-12-34-29(40)21-7-5-9-23(16-21)50-20-26(36-37-32)49-15-14-48-19-25(39)33-13-6-8-22-17-38(30(41)35-28(22)31)27-11-10-24(52-27)18-51-56(44,45)54-57(46,47)53-55(2,42)43/h5,7,9,16-17,24,26-28H,3-4,10-15,18-20,31H2,1-2H3,(H,33,39)(H,34,40)(H,35,41)(H,42,43)(H,44,45)(H,46,47)/t24-,26?,27+,28?/m0/s1. The summed E-state index contributed by atoms with van der Waals surface area (Å²) in [5.74, 6) is 5.10. The fourth-order valence-corrected chi connectivity index (χ4v) is 8.25. The number of nitrogens with zero attached hydrogens (tertiary/aromatic N) is 4. The summed E-state index contributed by atoms with van der Waals surface area (Å²) < 4.78 is 69.7. The van der Waals surface area contributed by atoms with Gasteiger partial charge in [0, 0.05) is 29.9 Å². The van der Waals surface area contributed by atoms with Crippen LogP contribution < -0.4 is 26.4 Å². The van der Waals surface area contributed by atoms with Crippen molar-refractivity contribution in [3.05, 3.63) is 52.0 Å². The van der Waals surface area contributed by atoms with Crippen molar-refractivity contribution in [1.29, 1.82) is 0 Å². The highest BCUT2D eigenvalue weighted by Gasteiger charge is 2.41. The van der Waals surface area contributed by atoms with E-state index in [4.69, 9.17) is 35.1 Å². The van der Waals surface area contributed by atoms with Crippen LogP contribution in [0.2, 0.25) is 0 Å². The molecule has 1 saturated heterocycles. The number of azide groups is 1. The highest BCUT2D eigenvalue weighted by Crippen LogP contribution is 2.66. The van der Waals surface area contributed by atoms with Crippen molar-refractivity contribution in [2.24, 2.45) is 10.8 Å². The third-order valence-electron chi connectivity index (χ3n) is 7.27. The van der Waals surface area contributed by atoms with Gasteiger partial charge in [0.25, 0.3) is 5.91 Å². The van der Waals surface area contributed by atoms with Crippen molar-refractivity contribution in [2.45, 2.75) is 57.3 Å². The Morgan fingerprint density at radius 1 is 1.18 bits per heavy atom. The van der Waals surface area contributed by atoms with E-state index in [9.17, 15) is 37.9 Å². The summed E-state index contributed by atoms with van der Waals surface area (Å²) in [4.78, 5) is 69.3. The molecule has 3 rings (SSSR count).